The van der Waals surface area contributed by atoms with E-state index in [0.29, 0.717) is 13.1 Å². The minimum Gasteiger partial charge on any atom is -0.386 e. The molecule has 0 N–H and O–H groups in total. The summed E-state index contributed by atoms with van der Waals surface area (Å²) in [5.74, 6) is -0.0129. The Balaban J connectivity index is 1.41. The molecule has 1 aliphatic heterocycles. The number of hydrogen-bond acceptors (Lipinski definition) is 5. The summed E-state index contributed by atoms with van der Waals surface area (Å²) in [6, 6.07) is 14.2. The fourth-order valence-electron chi connectivity index (χ4n) is 2.49. The first-order chi connectivity index (χ1) is 11.3. The predicted octanol–water partition coefficient (Wildman–Crippen LogP) is 2.45. The maximum atomic E-state index is 12.1. The number of rotatable bonds is 5. The van der Waals surface area contributed by atoms with E-state index in [1.807, 2.05) is 40.6 Å². The molecule has 0 saturated carbocycles. The minimum atomic E-state index is -0.0129. The fourth-order valence-corrected chi connectivity index (χ4v) is 3.07. The number of hydrogen-bond donors (Lipinski definition) is 0. The molecule has 1 amide bonds. The summed E-state index contributed by atoms with van der Waals surface area (Å²) in [7, 11) is 0. The summed E-state index contributed by atoms with van der Waals surface area (Å²) in [6.45, 7) is 3.10. The molecule has 1 aliphatic rings. The molecule has 2 heterocycles. The van der Waals surface area contributed by atoms with E-state index >= 15 is 0 Å². The van der Waals surface area contributed by atoms with Crippen molar-refractivity contribution in [2.45, 2.75) is 0 Å². The number of carbonyl (C=O) groups is 1. The van der Waals surface area contributed by atoms with Crippen molar-refractivity contribution in [1.82, 2.24) is 4.90 Å². The second kappa shape index (κ2) is 7.78. The van der Waals surface area contributed by atoms with Gasteiger partial charge >= 0.3 is 0 Å². The number of piperazine rings is 1. The number of oxime groups is 1. The summed E-state index contributed by atoms with van der Waals surface area (Å²) in [4.78, 5) is 22.4. The van der Waals surface area contributed by atoms with Crippen molar-refractivity contribution in [2.75, 3.05) is 37.7 Å². The molecule has 0 spiro atoms. The van der Waals surface area contributed by atoms with E-state index < -0.39 is 0 Å². The van der Waals surface area contributed by atoms with Crippen LogP contribution >= 0.6 is 11.3 Å². The number of nitrogens with zero attached hydrogens (tertiary/aromatic N) is 3. The fraction of sp³-hybridized carbons (Fsp3) is 0.294. The molecule has 1 aromatic carbocycles. The van der Waals surface area contributed by atoms with E-state index in [1.165, 1.54) is 5.69 Å². The van der Waals surface area contributed by atoms with E-state index in [1.54, 1.807) is 17.6 Å². The Morgan fingerprint density at radius 2 is 1.91 bits per heavy atom. The van der Waals surface area contributed by atoms with Crippen molar-refractivity contribution in [3.63, 3.8) is 0 Å². The van der Waals surface area contributed by atoms with Crippen LogP contribution in [0.25, 0.3) is 0 Å². The van der Waals surface area contributed by atoms with Crippen LogP contribution in [0.15, 0.2) is 53.0 Å². The second-order valence-electron chi connectivity index (χ2n) is 5.23. The van der Waals surface area contributed by atoms with E-state index in [0.717, 1.165) is 18.0 Å². The molecule has 0 atom stereocenters. The van der Waals surface area contributed by atoms with Crippen LogP contribution in [0.2, 0.25) is 0 Å². The van der Waals surface area contributed by atoms with Gasteiger partial charge in [-0.1, -0.05) is 29.4 Å². The smallest absolute Gasteiger partial charge is 0.263 e. The molecule has 0 unspecified atom stereocenters. The van der Waals surface area contributed by atoms with Gasteiger partial charge in [0.25, 0.3) is 5.91 Å². The van der Waals surface area contributed by atoms with E-state index in [-0.39, 0.29) is 12.5 Å². The van der Waals surface area contributed by atoms with Crippen LogP contribution in [0.4, 0.5) is 5.69 Å². The third kappa shape index (κ3) is 4.32. The summed E-state index contributed by atoms with van der Waals surface area (Å²) in [5, 5.41) is 5.81. The Labute approximate surface area is 139 Å². The van der Waals surface area contributed by atoms with E-state index in [4.69, 9.17) is 4.84 Å². The molecule has 2 aromatic rings. The quantitative estimate of drug-likeness (QED) is 0.625. The van der Waals surface area contributed by atoms with Crippen molar-refractivity contribution in [1.29, 1.82) is 0 Å². The van der Waals surface area contributed by atoms with Gasteiger partial charge in [-0.15, -0.1) is 11.3 Å². The number of amides is 1. The maximum absolute atomic E-state index is 12.1. The molecule has 0 bridgehead atoms. The van der Waals surface area contributed by atoms with Crippen LogP contribution in [0.1, 0.15) is 4.88 Å². The topological polar surface area (TPSA) is 45.1 Å². The van der Waals surface area contributed by atoms with E-state index in [2.05, 4.69) is 22.2 Å². The number of benzene rings is 1. The van der Waals surface area contributed by atoms with Crippen molar-refractivity contribution < 1.29 is 9.63 Å². The monoisotopic (exact) mass is 329 g/mol. The molecule has 1 fully saturated rings. The number of para-hydroxylation sites is 1. The molecular weight excluding hydrogens is 310 g/mol. The summed E-state index contributed by atoms with van der Waals surface area (Å²) in [5.41, 5.74) is 1.20. The predicted molar refractivity (Wildman–Crippen MR) is 93.1 cm³/mol. The van der Waals surface area contributed by atoms with E-state index in [9.17, 15) is 4.79 Å². The Morgan fingerprint density at radius 1 is 1.13 bits per heavy atom. The zero-order valence-corrected chi connectivity index (χ0v) is 13.6. The van der Waals surface area contributed by atoms with Crippen LogP contribution in [-0.4, -0.2) is 49.8 Å². The first-order valence-corrected chi connectivity index (χ1v) is 8.47. The Kier molecular flexibility index (Phi) is 5.26. The largest absolute Gasteiger partial charge is 0.386 e. The lowest BCUT2D eigenvalue weighted by atomic mass is 10.2. The van der Waals surface area contributed by atoms with Gasteiger partial charge < -0.3 is 14.6 Å². The average Bonchev–Trinajstić information content (AvgIpc) is 3.13. The lowest BCUT2D eigenvalue weighted by Crippen LogP contribution is -2.49. The standard InChI is InChI=1S/C17H19N3O2S/c21-17(14-22-18-13-16-7-4-12-23-16)20-10-8-19(9-11-20)15-5-2-1-3-6-15/h1-7,12-13H,8-11,14H2. The molecule has 120 valence electrons. The molecule has 23 heavy (non-hydrogen) atoms. The molecule has 6 heteroatoms. The van der Waals surface area contributed by atoms with Crippen molar-refractivity contribution in [3.05, 3.63) is 52.7 Å². The Morgan fingerprint density at radius 3 is 2.61 bits per heavy atom. The SMILES string of the molecule is O=C(CON=Cc1cccs1)N1CCN(c2ccccc2)CC1. The summed E-state index contributed by atoms with van der Waals surface area (Å²) in [6.07, 6.45) is 1.63. The zero-order chi connectivity index (χ0) is 15.9. The molecule has 0 aliphatic carbocycles. The Hall–Kier alpha value is -2.34. The van der Waals surface area contributed by atoms with Crippen molar-refractivity contribution in [2.24, 2.45) is 5.16 Å². The zero-order valence-electron chi connectivity index (χ0n) is 12.8. The lowest BCUT2D eigenvalue weighted by molar-refractivity contribution is -0.136. The van der Waals surface area contributed by atoms with Crippen molar-refractivity contribution in [3.8, 4) is 0 Å². The molecule has 0 radical (unpaired) electrons. The van der Waals surface area contributed by atoms with Gasteiger partial charge in [-0.05, 0) is 23.6 Å². The van der Waals surface area contributed by atoms with Crippen molar-refractivity contribution >= 4 is 29.1 Å². The van der Waals surface area contributed by atoms with Gasteiger partial charge in [0.15, 0.2) is 6.61 Å². The number of thiophene rings is 1. The second-order valence-corrected chi connectivity index (χ2v) is 6.21. The number of anilines is 1. The maximum Gasteiger partial charge on any atom is 0.263 e. The van der Waals surface area contributed by atoms with Gasteiger partial charge in [0.1, 0.15) is 0 Å². The first-order valence-electron chi connectivity index (χ1n) is 7.59. The summed E-state index contributed by atoms with van der Waals surface area (Å²) < 4.78 is 0. The van der Waals surface area contributed by atoms with Gasteiger partial charge in [0, 0.05) is 36.7 Å². The summed E-state index contributed by atoms with van der Waals surface area (Å²) >= 11 is 1.58. The minimum absolute atomic E-state index is 0.00673. The molecule has 1 aromatic heterocycles. The van der Waals surface area contributed by atoms with Gasteiger partial charge in [0.05, 0.1) is 6.21 Å². The molecule has 1 saturated heterocycles. The highest BCUT2D eigenvalue weighted by Crippen LogP contribution is 2.15. The third-order valence-corrected chi connectivity index (χ3v) is 4.55. The van der Waals surface area contributed by atoms with Crippen LogP contribution in [-0.2, 0) is 9.63 Å². The van der Waals surface area contributed by atoms with Gasteiger partial charge in [-0.3, -0.25) is 4.79 Å². The third-order valence-electron chi connectivity index (χ3n) is 3.74. The van der Waals surface area contributed by atoms with Crippen LogP contribution < -0.4 is 4.90 Å². The first kappa shape index (κ1) is 15.6. The van der Waals surface area contributed by atoms with Crippen LogP contribution in [0.3, 0.4) is 0 Å². The normalized spacial score (nSPS) is 15.1. The highest BCUT2D eigenvalue weighted by molar-refractivity contribution is 7.11. The highest BCUT2D eigenvalue weighted by atomic mass is 32.1. The van der Waals surface area contributed by atoms with Crippen LogP contribution in [0.5, 0.6) is 0 Å². The molecule has 5 nitrogen and oxygen atoms in total. The number of carbonyl (C=O) groups excluding carboxylic acids is 1. The molecule has 3 rings (SSSR count). The van der Waals surface area contributed by atoms with Crippen LogP contribution in [0, 0.1) is 0 Å². The Bertz CT molecular complexity index is 635. The average molecular weight is 329 g/mol. The van der Waals surface area contributed by atoms with Gasteiger partial charge in [0.2, 0.25) is 0 Å². The molecular formula is C17H19N3O2S. The van der Waals surface area contributed by atoms with Gasteiger partial charge in [-0.25, -0.2) is 0 Å². The lowest BCUT2D eigenvalue weighted by Gasteiger charge is -2.35. The highest BCUT2D eigenvalue weighted by Gasteiger charge is 2.21. The van der Waals surface area contributed by atoms with Gasteiger partial charge in [-0.2, -0.15) is 0 Å².